The molecule has 0 N–H and O–H groups in total. The fraction of sp³-hybridized carbons (Fsp3) is 0.357. The van der Waals surface area contributed by atoms with Crippen LogP contribution in [0.2, 0.25) is 0 Å². The third-order valence-electron chi connectivity index (χ3n) is 3.28. The van der Waals surface area contributed by atoms with Crippen molar-refractivity contribution in [3.8, 4) is 11.1 Å². The maximum absolute atomic E-state index is 5.38. The van der Waals surface area contributed by atoms with Gasteiger partial charge >= 0.3 is 0 Å². The van der Waals surface area contributed by atoms with E-state index in [2.05, 4.69) is 34.3 Å². The molecule has 3 rings (SSSR count). The zero-order valence-corrected chi connectivity index (χ0v) is 10.4. The molecule has 0 bridgehead atoms. The molecule has 0 aliphatic carbocycles. The number of rotatable bonds is 2. The Balaban J connectivity index is 1.91. The molecule has 1 aliphatic heterocycles. The average molecular weight is 244 g/mol. The Bertz CT molecular complexity index is 530. The lowest BCUT2D eigenvalue weighted by molar-refractivity contribution is 0.122. The van der Waals surface area contributed by atoms with Crippen LogP contribution >= 0.6 is 0 Å². The van der Waals surface area contributed by atoms with Crippen LogP contribution in [-0.2, 0) is 4.74 Å². The van der Waals surface area contributed by atoms with E-state index in [1.165, 1.54) is 5.69 Å². The van der Waals surface area contributed by atoms with Gasteiger partial charge in [0, 0.05) is 24.3 Å². The molecule has 4 heteroatoms. The highest BCUT2D eigenvalue weighted by Gasteiger charge is 2.13. The number of aryl methyl sites for hydroxylation is 1. The van der Waals surface area contributed by atoms with Crippen molar-refractivity contribution in [1.82, 2.24) is 5.16 Å². The summed E-state index contributed by atoms with van der Waals surface area (Å²) in [6, 6.07) is 8.48. The second-order valence-electron chi connectivity index (χ2n) is 4.46. The van der Waals surface area contributed by atoms with Crippen molar-refractivity contribution in [1.29, 1.82) is 0 Å². The Hall–Kier alpha value is -1.81. The number of ether oxygens (including phenoxy) is 1. The highest BCUT2D eigenvalue weighted by molar-refractivity contribution is 5.69. The van der Waals surface area contributed by atoms with Crippen molar-refractivity contribution in [2.24, 2.45) is 0 Å². The lowest BCUT2D eigenvalue weighted by Crippen LogP contribution is -2.36. The van der Waals surface area contributed by atoms with Gasteiger partial charge in [-0.1, -0.05) is 17.3 Å². The first-order chi connectivity index (χ1) is 8.84. The molecule has 0 radical (unpaired) electrons. The molecule has 94 valence electrons. The summed E-state index contributed by atoms with van der Waals surface area (Å²) in [5, 5.41) is 3.93. The Kier molecular flexibility index (Phi) is 3.02. The van der Waals surface area contributed by atoms with Gasteiger partial charge in [0.25, 0.3) is 0 Å². The van der Waals surface area contributed by atoms with Crippen LogP contribution in [0.25, 0.3) is 11.1 Å². The molecule has 0 amide bonds. The van der Waals surface area contributed by atoms with Gasteiger partial charge in [0.2, 0.25) is 0 Å². The Morgan fingerprint density at radius 3 is 2.78 bits per heavy atom. The van der Waals surface area contributed by atoms with E-state index in [0.29, 0.717) is 0 Å². The molecule has 1 fully saturated rings. The monoisotopic (exact) mass is 244 g/mol. The number of hydrogen-bond donors (Lipinski definition) is 0. The van der Waals surface area contributed by atoms with E-state index in [9.17, 15) is 0 Å². The van der Waals surface area contributed by atoms with Crippen LogP contribution in [0.5, 0.6) is 0 Å². The molecule has 1 aromatic carbocycles. The molecule has 0 spiro atoms. The molecular weight excluding hydrogens is 228 g/mol. The Labute approximate surface area is 106 Å². The van der Waals surface area contributed by atoms with Gasteiger partial charge in [0.1, 0.15) is 6.26 Å². The molecule has 18 heavy (non-hydrogen) atoms. The minimum absolute atomic E-state index is 0.802. The maximum atomic E-state index is 5.38. The standard InChI is InChI=1S/C14H16N2O2/c1-11-14(10-18-15-11)12-3-2-4-13(9-12)16-5-7-17-8-6-16/h2-4,9-10H,5-8H2,1H3. The van der Waals surface area contributed by atoms with E-state index in [4.69, 9.17) is 9.26 Å². The van der Waals surface area contributed by atoms with Crippen LogP contribution < -0.4 is 4.90 Å². The number of hydrogen-bond acceptors (Lipinski definition) is 4. The van der Waals surface area contributed by atoms with Gasteiger partial charge < -0.3 is 14.2 Å². The van der Waals surface area contributed by atoms with Gasteiger partial charge in [-0.3, -0.25) is 0 Å². The van der Waals surface area contributed by atoms with Crippen LogP contribution in [0.3, 0.4) is 0 Å². The predicted octanol–water partition coefficient (Wildman–Crippen LogP) is 2.49. The molecule has 2 aromatic rings. The van der Waals surface area contributed by atoms with Crippen molar-refractivity contribution in [2.75, 3.05) is 31.2 Å². The van der Waals surface area contributed by atoms with Gasteiger partial charge in [-0.05, 0) is 24.6 Å². The van der Waals surface area contributed by atoms with Gasteiger partial charge in [-0.2, -0.15) is 0 Å². The minimum Gasteiger partial charge on any atom is -0.378 e. The summed E-state index contributed by atoms with van der Waals surface area (Å²) in [5.74, 6) is 0. The van der Waals surface area contributed by atoms with Gasteiger partial charge in [0.15, 0.2) is 0 Å². The summed E-state index contributed by atoms with van der Waals surface area (Å²) >= 11 is 0. The van der Waals surface area contributed by atoms with E-state index < -0.39 is 0 Å². The van der Waals surface area contributed by atoms with E-state index in [-0.39, 0.29) is 0 Å². The van der Waals surface area contributed by atoms with Crippen molar-refractivity contribution < 1.29 is 9.26 Å². The Morgan fingerprint density at radius 2 is 2.06 bits per heavy atom. The highest BCUT2D eigenvalue weighted by atomic mass is 16.5. The molecule has 2 heterocycles. The largest absolute Gasteiger partial charge is 0.378 e. The van der Waals surface area contributed by atoms with Crippen LogP contribution in [0.4, 0.5) is 5.69 Å². The quantitative estimate of drug-likeness (QED) is 0.813. The molecule has 0 saturated carbocycles. The van der Waals surface area contributed by atoms with Crippen LogP contribution in [0, 0.1) is 6.92 Å². The summed E-state index contributed by atoms with van der Waals surface area (Å²) in [5.41, 5.74) is 4.37. The first kappa shape index (κ1) is 11.3. The second-order valence-corrected chi connectivity index (χ2v) is 4.46. The SMILES string of the molecule is Cc1nocc1-c1cccc(N2CCOCC2)c1. The average Bonchev–Trinajstić information content (AvgIpc) is 2.86. The number of aromatic nitrogens is 1. The smallest absolute Gasteiger partial charge is 0.131 e. The molecule has 1 aliphatic rings. The lowest BCUT2D eigenvalue weighted by Gasteiger charge is -2.29. The molecule has 1 saturated heterocycles. The molecule has 4 nitrogen and oxygen atoms in total. The zero-order chi connectivity index (χ0) is 12.4. The van der Waals surface area contributed by atoms with Gasteiger partial charge in [-0.15, -0.1) is 0 Å². The van der Waals surface area contributed by atoms with Gasteiger partial charge in [-0.25, -0.2) is 0 Å². The van der Waals surface area contributed by atoms with Crippen LogP contribution in [0.1, 0.15) is 5.69 Å². The third kappa shape index (κ3) is 2.11. The van der Waals surface area contributed by atoms with Crippen LogP contribution in [0.15, 0.2) is 35.1 Å². The number of benzene rings is 1. The Morgan fingerprint density at radius 1 is 1.22 bits per heavy atom. The molecule has 0 unspecified atom stereocenters. The van der Waals surface area contributed by atoms with Crippen molar-refractivity contribution in [2.45, 2.75) is 6.92 Å². The second kappa shape index (κ2) is 4.82. The first-order valence-electron chi connectivity index (χ1n) is 6.19. The lowest BCUT2D eigenvalue weighted by atomic mass is 10.1. The summed E-state index contributed by atoms with van der Waals surface area (Å²) in [6.07, 6.45) is 1.70. The fourth-order valence-electron chi connectivity index (χ4n) is 2.26. The molecule has 1 aromatic heterocycles. The van der Waals surface area contributed by atoms with E-state index >= 15 is 0 Å². The molecular formula is C14H16N2O2. The summed E-state index contributed by atoms with van der Waals surface area (Å²) < 4.78 is 10.4. The normalized spacial score (nSPS) is 15.9. The molecule has 0 atom stereocenters. The van der Waals surface area contributed by atoms with Crippen molar-refractivity contribution in [3.63, 3.8) is 0 Å². The van der Waals surface area contributed by atoms with Crippen molar-refractivity contribution >= 4 is 5.69 Å². The van der Waals surface area contributed by atoms with Crippen molar-refractivity contribution in [3.05, 3.63) is 36.2 Å². The number of nitrogens with zero attached hydrogens (tertiary/aromatic N) is 2. The first-order valence-corrected chi connectivity index (χ1v) is 6.19. The number of anilines is 1. The predicted molar refractivity (Wildman–Crippen MR) is 69.7 cm³/mol. The number of morpholine rings is 1. The zero-order valence-electron chi connectivity index (χ0n) is 10.4. The van der Waals surface area contributed by atoms with E-state index in [1.807, 2.05) is 6.92 Å². The topological polar surface area (TPSA) is 38.5 Å². The van der Waals surface area contributed by atoms with E-state index in [0.717, 1.165) is 43.1 Å². The minimum atomic E-state index is 0.802. The van der Waals surface area contributed by atoms with E-state index in [1.54, 1.807) is 6.26 Å². The summed E-state index contributed by atoms with van der Waals surface area (Å²) in [7, 11) is 0. The summed E-state index contributed by atoms with van der Waals surface area (Å²) in [4.78, 5) is 2.34. The van der Waals surface area contributed by atoms with Crippen LogP contribution in [-0.4, -0.2) is 31.5 Å². The summed E-state index contributed by atoms with van der Waals surface area (Å²) in [6.45, 7) is 5.46. The highest BCUT2D eigenvalue weighted by Crippen LogP contribution is 2.27. The third-order valence-corrected chi connectivity index (χ3v) is 3.28. The fourth-order valence-corrected chi connectivity index (χ4v) is 2.26. The maximum Gasteiger partial charge on any atom is 0.131 e. The van der Waals surface area contributed by atoms with Gasteiger partial charge in [0.05, 0.1) is 18.9 Å².